The predicted molar refractivity (Wildman–Crippen MR) is 69.7 cm³/mol. The van der Waals surface area contributed by atoms with Crippen LogP contribution in [-0.4, -0.2) is 14.5 Å². The van der Waals surface area contributed by atoms with Gasteiger partial charge in [0.05, 0.1) is 10.7 Å². The van der Waals surface area contributed by atoms with E-state index >= 15 is 0 Å². The largest absolute Gasteiger partial charge is 0.393 e. The minimum absolute atomic E-state index is 0.340. The Morgan fingerprint density at radius 2 is 2.19 bits per heavy atom. The highest BCUT2D eigenvalue weighted by molar-refractivity contribution is 7.80. The van der Waals surface area contributed by atoms with E-state index in [9.17, 15) is 0 Å². The Hall–Kier alpha value is -0.900. The van der Waals surface area contributed by atoms with Crippen molar-refractivity contribution in [3.8, 4) is 0 Å². The first kappa shape index (κ1) is 11.6. The SMILES string of the molecule is Cc1nc2c(n1C(C)CC(N)=S)CCCC2. The van der Waals surface area contributed by atoms with E-state index in [1.807, 2.05) is 0 Å². The fourth-order valence-electron chi connectivity index (χ4n) is 2.67. The smallest absolute Gasteiger partial charge is 0.106 e. The normalized spacial score (nSPS) is 16.9. The maximum absolute atomic E-state index is 5.62. The molecule has 0 saturated heterocycles. The molecule has 0 spiro atoms. The predicted octanol–water partition coefficient (Wildman–Crippen LogP) is 2.31. The molecule has 2 rings (SSSR count). The van der Waals surface area contributed by atoms with Crippen LogP contribution < -0.4 is 5.73 Å². The lowest BCUT2D eigenvalue weighted by molar-refractivity contribution is 0.516. The van der Waals surface area contributed by atoms with Crippen molar-refractivity contribution < 1.29 is 0 Å². The van der Waals surface area contributed by atoms with Gasteiger partial charge in [-0.05, 0) is 39.5 Å². The quantitative estimate of drug-likeness (QED) is 0.820. The fourth-order valence-corrected chi connectivity index (χ4v) is 2.91. The van der Waals surface area contributed by atoms with Crippen molar-refractivity contribution in [2.45, 2.75) is 52.0 Å². The molecule has 0 aromatic carbocycles. The summed E-state index contributed by atoms with van der Waals surface area (Å²) in [6.45, 7) is 4.25. The molecule has 3 nitrogen and oxygen atoms in total. The number of imidazole rings is 1. The molecule has 1 heterocycles. The maximum atomic E-state index is 5.62. The lowest BCUT2D eigenvalue weighted by atomic mass is 10.0. The summed E-state index contributed by atoms with van der Waals surface area (Å²) in [6, 6.07) is 0.340. The Bertz CT molecular complexity index is 409. The molecule has 1 aromatic heterocycles. The van der Waals surface area contributed by atoms with Crippen molar-refractivity contribution in [2.75, 3.05) is 0 Å². The molecule has 0 amide bonds. The molecule has 4 heteroatoms. The summed E-state index contributed by atoms with van der Waals surface area (Å²) < 4.78 is 2.33. The summed E-state index contributed by atoms with van der Waals surface area (Å²) >= 11 is 4.99. The van der Waals surface area contributed by atoms with Gasteiger partial charge >= 0.3 is 0 Å². The van der Waals surface area contributed by atoms with Gasteiger partial charge in [-0.15, -0.1) is 0 Å². The van der Waals surface area contributed by atoms with Crippen molar-refractivity contribution in [1.82, 2.24) is 9.55 Å². The fraction of sp³-hybridized carbons (Fsp3) is 0.667. The first-order valence-electron chi connectivity index (χ1n) is 5.94. The van der Waals surface area contributed by atoms with Crippen molar-refractivity contribution in [1.29, 1.82) is 0 Å². The Morgan fingerprint density at radius 1 is 1.50 bits per heavy atom. The van der Waals surface area contributed by atoms with Crippen LogP contribution in [0.3, 0.4) is 0 Å². The average Bonchev–Trinajstić information content (AvgIpc) is 2.52. The van der Waals surface area contributed by atoms with Crippen molar-refractivity contribution in [3.63, 3.8) is 0 Å². The van der Waals surface area contributed by atoms with Crippen LogP contribution in [0.5, 0.6) is 0 Å². The molecule has 1 atom stereocenters. The molecular formula is C12H19N3S. The van der Waals surface area contributed by atoms with Gasteiger partial charge in [-0.25, -0.2) is 4.98 Å². The third kappa shape index (κ3) is 2.12. The van der Waals surface area contributed by atoms with Crippen LogP contribution in [0.25, 0.3) is 0 Å². The van der Waals surface area contributed by atoms with E-state index in [0.29, 0.717) is 11.0 Å². The zero-order valence-electron chi connectivity index (χ0n) is 9.99. The second-order valence-corrected chi connectivity index (χ2v) is 5.17. The summed E-state index contributed by atoms with van der Waals surface area (Å²) in [5.41, 5.74) is 8.32. The van der Waals surface area contributed by atoms with E-state index in [1.165, 1.54) is 24.2 Å². The van der Waals surface area contributed by atoms with Gasteiger partial charge in [0.15, 0.2) is 0 Å². The number of fused-ring (bicyclic) bond motifs is 1. The molecule has 1 aliphatic carbocycles. The molecular weight excluding hydrogens is 218 g/mol. The Kier molecular flexibility index (Phi) is 3.28. The maximum Gasteiger partial charge on any atom is 0.106 e. The topological polar surface area (TPSA) is 43.8 Å². The van der Waals surface area contributed by atoms with Crippen LogP contribution >= 0.6 is 12.2 Å². The van der Waals surface area contributed by atoms with E-state index in [2.05, 4.69) is 23.4 Å². The molecule has 16 heavy (non-hydrogen) atoms. The highest BCUT2D eigenvalue weighted by atomic mass is 32.1. The highest BCUT2D eigenvalue weighted by Crippen LogP contribution is 2.26. The second-order valence-electron chi connectivity index (χ2n) is 4.65. The Morgan fingerprint density at radius 3 is 2.88 bits per heavy atom. The lowest BCUT2D eigenvalue weighted by Gasteiger charge is -2.20. The van der Waals surface area contributed by atoms with Gasteiger partial charge in [-0.1, -0.05) is 12.2 Å². The number of aromatic nitrogens is 2. The minimum Gasteiger partial charge on any atom is -0.393 e. The molecule has 88 valence electrons. The molecule has 1 unspecified atom stereocenters. The number of hydrogen-bond donors (Lipinski definition) is 1. The molecule has 0 bridgehead atoms. The Balaban J connectivity index is 2.32. The molecule has 0 aliphatic heterocycles. The van der Waals surface area contributed by atoms with E-state index < -0.39 is 0 Å². The van der Waals surface area contributed by atoms with E-state index in [-0.39, 0.29) is 0 Å². The number of hydrogen-bond acceptors (Lipinski definition) is 2. The summed E-state index contributed by atoms with van der Waals surface area (Å²) in [6.07, 6.45) is 5.59. The van der Waals surface area contributed by atoms with Crippen LogP contribution in [0.2, 0.25) is 0 Å². The molecule has 0 saturated carbocycles. The van der Waals surface area contributed by atoms with Gasteiger partial charge < -0.3 is 10.3 Å². The summed E-state index contributed by atoms with van der Waals surface area (Å²) in [4.78, 5) is 5.25. The Labute approximate surface area is 102 Å². The zero-order valence-corrected chi connectivity index (χ0v) is 10.8. The third-order valence-electron chi connectivity index (χ3n) is 3.28. The van der Waals surface area contributed by atoms with Gasteiger partial charge in [0.25, 0.3) is 0 Å². The number of thiocarbonyl (C=S) groups is 1. The first-order chi connectivity index (χ1) is 7.59. The van der Waals surface area contributed by atoms with Gasteiger partial charge in [0.2, 0.25) is 0 Å². The van der Waals surface area contributed by atoms with Crippen LogP contribution in [-0.2, 0) is 12.8 Å². The van der Waals surface area contributed by atoms with Crippen LogP contribution in [0.1, 0.15) is 49.4 Å². The molecule has 1 aliphatic rings. The third-order valence-corrected chi connectivity index (χ3v) is 3.45. The minimum atomic E-state index is 0.340. The van der Waals surface area contributed by atoms with E-state index in [0.717, 1.165) is 25.1 Å². The van der Waals surface area contributed by atoms with Crippen LogP contribution in [0.4, 0.5) is 0 Å². The van der Waals surface area contributed by atoms with Crippen LogP contribution in [0, 0.1) is 6.92 Å². The van der Waals surface area contributed by atoms with E-state index in [1.54, 1.807) is 0 Å². The van der Waals surface area contributed by atoms with Gasteiger partial charge in [-0.2, -0.15) is 0 Å². The number of aryl methyl sites for hydroxylation is 2. The van der Waals surface area contributed by atoms with Crippen molar-refractivity contribution in [2.24, 2.45) is 5.73 Å². The molecule has 0 fully saturated rings. The molecule has 2 N–H and O–H groups in total. The highest BCUT2D eigenvalue weighted by Gasteiger charge is 2.21. The number of nitrogens with two attached hydrogens (primary N) is 1. The van der Waals surface area contributed by atoms with Gasteiger partial charge in [-0.3, -0.25) is 0 Å². The van der Waals surface area contributed by atoms with E-state index in [4.69, 9.17) is 18.0 Å². The second kappa shape index (κ2) is 4.53. The monoisotopic (exact) mass is 237 g/mol. The van der Waals surface area contributed by atoms with Gasteiger partial charge in [0.1, 0.15) is 5.82 Å². The molecule has 0 radical (unpaired) electrons. The zero-order chi connectivity index (χ0) is 11.7. The van der Waals surface area contributed by atoms with Crippen molar-refractivity contribution in [3.05, 3.63) is 17.2 Å². The summed E-state index contributed by atoms with van der Waals surface area (Å²) in [7, 11) is 0. The first-order valence-corrected chi connectivity index (χ1v) is 6.35. The van der Waals surface area contributed by atoms with Crippen LogP contribution in [0.15, 0.2) is 0 Å². The molecule has 1 aromatic rings. The summed E-state index contributed by atoms with van der Waals surface area (Å²) in [5, 5.41) is 0. The average molecular weight is 237 g/mol. The summed E-state index contributed by atoms with van der Waals surface area (Å²) in [5.74, 6) is 1.11. The van der Waals surface area contributed by atoms with Crippen molar-refractivity contribution >= 4 is 17.2 Å². The number of nitrogens with zero attached hydrogens (tertiary/aromatic N) is 2. The standard InChI is InChI=1S/C12H19N3S/c1-8(7-12(13)16)15-9(2)14-10-5-3-4-6-11(10)15/h8H,3-7H2,1-2H3,(H2,13,16). The lowest BCUT2D eigenvalue weighted by Crippen LogP contribution is -2.19. The van der Waals surface area contributed by atoms with Gasteiger partial charge in [0, 0.05) is 18.2 Å². The number of rotatable bonds is 3.